The molecule has 2 aromatic rings. The van der Waals surface area contributed by atoms with E-state index in [0.717, 1.165) is 43.3 Å². The van der Waals surface area contributed by atoms with Gasteiger partial charge >= 0.3 is 0 Å². The quantitative estimate of drug-likeness (QED) is 0.794. The summed E-state index contributed by atoms with van der Waals surface area (Å²) in [6.07, 6.45) is 4.57. The fourth-order valence-electron chi connectivity index (χ4n) is 1.92. The lowest BCUT2D eigenvalue weighted by molar-refractivity contribution is 0.553. The third-order valence-electron chi connectivity index (χ3n) is 2.84. The molecule has 0 saturated carbocycles. The van der Waals surface area contributed by atoms with Gasteiger partial charge in [0.1, 0.15) is 0 Å². The van der Waals surface area contributed by atoms with Gasteiger partial charge in [-0.3, -0.25) is 9.48 Å². The van der Waals surface area contributed by atoms with Crippen molar-refractivity contribution in [2.75, 3.05) is 6.54 Å². The molecule has 90 valence electrons. The Labute approximate surface area is 100 Å². The molecule has 0 saturated heterocycles. The smallest absolute Gasteiger partial charge is 0.207 e. The Morgan fingerprint density at radius 3 is 2.82 bits per heavy atom. The van der Waals surface area contributed by atoms with Gasteiger partial charge in [0.15, 0.2) is 0 Å². The van der Waals surface area contributed by atoms with Crippen LogP contribution in [0.4, 0.5) is 0 Å². The highest BCUT2D eigenvalue weighted by Crippen LogP contribution is 2.09. The topological polar surface area (TPSA) is 60.9 Å². The van der Waals surface area contributed by atoms with Crippen molar-refractivity contribution < 1.29 is 0 Å². The SMILES string of the molecule is NCCCCCn1ncc(=O)c2ccccc21. The number of aromatic nitrogens is 2. The van der Waals surface area contributed by atoms with Gasteiger partial charge in [-0.1, -0.05) is 18.6 Å². The molecule has 0 aliphatic carbocycles. The lowest BCUT2D eigenvalue weighted by atomic mass is 10.2. The number of para-hydroxylation sites is 1. The average molecular weight is 231 g/mol. The highest BCUT2D eigenvalue weighted by atomic mass is 16.1. The van der Waals surface area contributed by atoms with E-state index in [4.69, 9.17) is 5.73 Å². The summed E-state index contributed by atoms with van der Waals surface area (Å²) >= 11 is 0. The molecule has 0 atom stereocenters. The van der Waals surface area contributed by atoms with Crippen LogP contribution in [0, 0.1) is 0 Å². The van der Waals surface area contributed by atoms with Gasteiger partial charge in [-0.2, -0.15) is 5.10 Å². The predicted octanol–water partition coefficient (Wildman–Crippen LogP) is 1.53. The largest absolute Gasteiger partial charge is 0.330 e. The number of hydrogen-bond donors (Lipinski definition) is 1. The molecule has 4 nitrogen and oxygen atoms in total. The van der Waals surface area contributed by atoms with Crippen LogP contribution in [-0.2, 0) is 6.54 Å². The van der Waals surface area contributed by atoms with Gasteiger partial charge in [0.2, 0.25) is 5.43 Å². The maximum atomic E-state index is 11.6. The van der Waals surface area contributed by atoms with Gasteiger partial charge in [0, 0.05) is 11.9 Å². The van der Waals surface area contributed by atoms with Crippen molar-refractivity contribution >= 4 is 10.9 Å². The fraction of sp³-hybridized carbons (Fsp3) is 0.385. The van der Waals surface area contributed by atoms with Crippen LogP contribution in [0.5, 0.6) is 0 Å². The van der Waals surface area contributed by atoms with E-state index in [2.05, 4.69) is 5.10 Å². The van der Waals surface area contributed by atoms with E-state index in [1.54, 1.807) is 0 Å². The van der Waals surface area contributed by atoms with Crippen molar-refractivity contribution in [1.29, 1.82) is 0 Å². The molecule has 0 spiro atoms. The summed E-state index contributed by atoms with van der Waals surface area (Å²) in [6.45, 7) is 1.57. The maximum absolute atomic E-state index is 11.6. The fourth-order valence-corrected chi connectivity index (χ4v) is 1.92. The summed E-state index contributed by atoms with van der Waals surface area (Å²) in [6, 6.07) is 7.59. The number of aryl methyl sites for hydroxylation is 1. The van der Waals surface area contributed by atoms with E-state index in [1.165, 1.54) is 6.20 Å². The van der Waals surface area contributed by atoms with Gasteiger partial charge in [0.25, 0.3) is 0 Å². The lowest BCUT2D eigenvalue weighted by Gasteiger charge is -2.08. The molecule has 0 aliphatic rings. The molecule has 0 amide bonds. The summed E-state index contributed by atoms with van der Waals surface area (Å²) in [5.74, 6) is 0. The minimum atomic E-state index is -0.0150. The van der Waals surface area contributed by atoms with E-state index in [0.29, 0.717) is 0 Å². The summed E-state index contributed by atoms with van der Waals surface area (Å²) in [5.41, 5.74) is 6.35. The molecule has 0 fully saturated rings. The van der Waals surface area contributed by atoms with Crippen molar-refractivity contribution in [1.82, 2.24) is 9.78 Å². The van der Waals surface area contributed by atoms with Crippen LogP contribution < -0.4 is 11.2 Å². The van der Waals surface area contributed by atoms with E-state index in [1.807, 2.05) is 28.9 Å². The van der Waals surface area contributed by atoms with E-state index < -0.39 is 0 Å². The Hall–Kier alpha value is -1.68. The van der Waals surface area contributed by atoms with Crippen LogP contribution in [0.1, 0.15) is 19.3 Å². The minimum Gasteiger partial charge on any atom is -0.330 e. The first-order valence-corrected chi connectivity index (χ1v) is 5.98. The molecule has 0 aliphatic heterocycles. The normalized spacial score (nSPS) is 10.9. The lowest BCUT2D eigenvalue weighted by Crippen LogP contribution is -2.12. The summed E-state index contributed by atoms with van der Waals surface area (Å²) in [4.78, 5) is 11.6. The molecule has 1 aromatic carbocycles. The molecule has 1 aromatic heterocycles. The third kappa shape index (κ3) is 2.71. The Morgan fingerprint density at radius 2 is 2.00 bits per heavy atom. The van der Waals surface area contributed by atoms with Crippen molar-refractivity contribution in [2.45, 2.75) is 25.8 Å². The monoisotopic (exact) mass is 231 g/mol. The first kappa shape index (κ1) is 11.8. The summed E-state index contributed by atoms with van der Waals surface area (Å²) in [7, 11) is 0. The number of nitrogens with two attached hydrogens (primary N) is 1. The second-order valence-electron chi connectivity index (χ2n) is 4.10. The van der Waals surface area contributed by atoms with Gasteiger partial charge in [-0.05, 0) is 31.5 Å². The molecule has 4 heteroatoms. The Balaban J connectivity index is 2.23. The molecular weight excluding hydrogens is 214 g/mol. The van der Waals surface area contributed by atoms with Gasteiger partial charge in [-0.25, -0.2) is 0 Å². The number of fused-ring (bicyclic) bond motifs is 1. The zero-order valence-corrected chi connectivity index (χ0v) is 9.80. The van der Waals surface area contributed by atoms with Crippen LogP contribution in [0.25, 0.3) is 10.9 Å². The minimum absolute atomic E-state index is 0.0150. The molecule has 17 heavy (non-hydrogen) atoms. The standard InChI is InChI=1S/C13H17N3O/c14-8-4-1-5-9-16-12-7-3-2-6-11(12)13(17)10-15-16/h2-3,6-7,10H,1,4-5,8-9,14H2. The van der Waals surface area contributed by atoms with E-state index in [9.17, 15) is 4.79 Å². The summed E-state index contributed by atoms with van der Waals surface area (Å²) < 4.78 is 1.90. The van der Waals surface area contributed by atoms with Crippen molar-refractivity contribution in [3.05, 3.63) is 40.7 Å². The highest BCUT2D eigenvalue weighted by Gasteiger charge is 2.02. The van der Waals surface area contributed by atoms with Crippen LogP contribution in [0.15, 0.2) is 35.3 Å². The first-order valence-electron chi connectivity index (χ1n) is 5.98. The molecular formula is C13H17N3O. The Bertz CT molecular complexity index is 548. The molecule has 0 bridgehead atoms. The van der Waals surface area contributed by atoms with Crippen molar-refractivity contribution in [2.24, 2.45) is 5.73 Å². The molecule has 2 rings (SSSR count). The van der Waals surface area contributed by atoms with Gasteiger partial charge in [-0.15, -0.1) is 0 Å². The number of hydrogen-bond acceptors (Lipinski definition) is 3. The highest BCUT2D eigenvalue weighted by molar-refractivity contribution is 5.77. The van der Waals surface area contributed by atoms with Gasteiger partial charge in [0.05, 0.1) is 11.7 Å². The number of rotatable bonds is 5. The Morgan fingerprint density at radius 1 is 1.18 bits per heavy atom. The molecule has 1 heterocycles. The van der Waals surface area contributed by atoms with E-state index in [-0.39, 0.29) is 5.43 Å². The van der Waals surface area contributed by atoms with Gasteiger partial charge < -0.3 is 5.73 Å². The van der Waals surface area contributed by atoms with Crippen molar-refractivity contribution in [3.8, 4) is 0 Å². The molecule has 0 radical (unpaired) electrons. The van der Waals surface area contributed by atoms with Crippen LogP contribution in [-0.4, -0.2) is 16.3 Å². The van der Waals surface area contributed by atoms with E-state index >= 15 is 0 Å². The van der Waals surface area contributed by atoms with Crippen LogP contribution in [0.2, 0.25) is 0 Å². The van der Waals surface area contributed by atoms with Crippen molar-refractivity contribution in [3.63, 3.8) is 0 Å². The Kier molecular flexibility index (Phi) is 3.88. The zero-order valence-electron chi connectivity index (χ0n) is 9.80. The number of unbranched alkanes of at least 4 members (excludes halogenated alkanes) is 2. The van der Waals surface area contributed by atoms with Crippen LogP contribution >= 0.6 is 0 Å². The maximum Gasteiger partial charge on any atom is 0.207 e. The average Bonchev–Trinajstić information content (AvgIpc) is 2.37. The second kappa shape index (κ2) is 5.59. The molecule has 0 unspecified atom stereocenters. The number of benzene rings is 1. The third-order valence-corrected chi connectivity index (χ3v) is 2.84. The summed E-state index contributed by atoms with van der Waals surface area (Å²) in [5, 5.41) is 4.91. The predicted molar refractivity (Wildman–Crippen MR) is 68.9 cm³/mol. The first-order chi connectivity index (χ1) is 8.33. The zero-order chi connectivity index (χ0) is 12.1. The number of nitrogens with zero attached hydrogens (tertiary/aromatic N) is 2. The molecule has 2 N–H and O–H groups in total. The second-order valence-corrected chi connectivity index (χ2v) is 4.10. The van der Waals surface area contributed by atoms with Crippen LogP contribution in [0.3, 0.4) is 0 Å².